The fraction of sp³-hybridized carbons (Fsp3) is 0.150. The van der Waals surface area contributed by atoms with Gasteiger partial charge in [-0.05, 0) is 48.9 Å². The van der Waals surface area contributed by atoms with Crippen LogP contribution in [0.5, 0.6) is 0 Å². The van der Waals surface area contributed by atoms with Crippen molar-refractivity contribution in [2.75, 3.05) is 18.4 Å². The van der Waals surface area contributed by atoms with Crippen LogP contribution >= 0.6 is 11.6 Å². The Balaban J connectivity index is 1.49. The fourth-order valence-electron chi connectivity index (χ4n) is 2.73. The number of hydrogen-bond donors (Lipinski definition) is 1. The molecule has 0 atom stereocenters. The number of likely N-dealkylation sites (tertiary alicyclic amines) is 1. The summed E-state index contributed by atoms with van der Waals surface area (Å²) < 4.78 is 0. The smallest absolute Gasteiger partial charge is 0.253 e. The van der Waals surface area contributed by atoms with Crippen LogP contribution in [0, 0.1) is 0 Å². The standard InChI is InChI=1S/C20H17ClN4O/c21-16-6-2-14(3-7-16)18-10-11-22-20(24-18)23-17-8-4-15(5-9-17)19(26)25-12-1-13-25/h2-11H,1,12-13H2,(H,22,23,24). The second kappa shape index (κ2) is 7.14. The van der Waals surface area contributed by atoms with Crippen molar-refractivity contribution in [3.63, 3.8) is 0 Å². The molecular weight excluding hydrogens is 348 g/mol. The molecule has 4 rings (SSSR count). The molecule has 0 radical (unpaired) electrons. The molecule has 1 amide bonds. The molecule has 1 N–H and O–H groups in total. The summed E-state index contributed by atoms with van der Waals surface area (Å²) in [4.78, 5) is 22.8. The Hall–Kier alpha value is -2.92. The lowest BCUT2D eigenvalue weighted by Gasteiger charge is -2.30. The molecule has 6 heteroatoms. The maximum Gasteiger partial charge on any atom is 0.253 e. The number of carbonyl (C=O) groups is 1. The molecule has 5 nitrogen and oxygen atoms in total. The first kappa shape index (κ1) is 16.5. The summed E-state index contributed by atoms with van der Waals surface area (Å²) in [6, 6.07) is 16.7. The van der Waals surface area contributed by atoms with E-state index < -0.39 is 0 Å². The van der Waals surface area contributed by atoms with Crippen LogP contribution in [0.1, 0.15) is 16.8 Å². The Morgan fingerprint density at radius 3 is 2.38 bits per heavy atom. The zero-order chi connectivity index (χ0) is 17.9. The van der Waals surface area contributed by atoms with Gasteiger partial charge in [0.25, 0.3) is 5.91 Å². The van der Waals surface area contributed by atoms with Crippen LogP contribution in [-0.2, 0) is 0 Å². The maximum atomic E-state index is 12.2. The zero-order valence-corrected chi connectivity index (χ0v) is 14.8. The summed E-state index contributed by atoms with van der Waals surface area (Å²) in [5.74, 6) is 0.586. The third-order valence-electron chi connectivity index (χ3n) is 4.33. The number of aromatic nitrogens is 2. The van der Waals surface area contributed by atoms with Gasteiger partial charge in [0.15, 0.2) is 0 Å². The molecule has 1 fully saturated rings. The molecule has 2 aromatic carbocycles. The molecule has 0 saturated carbocycles. The van der Waals surface area contributed by atoms with E-state index in [0.29, 0.717) is 16.5 Å². The van der Waals surface area contributed by atoms with Gasteiger partial charge in [0.2, 0.25) is 5.95 Å². The molecule has 0 aliphatic carbocycles. The first-order chi connectivity index (χ1) is 12.7. The molecular formula is C20H17ClN4O. The van der Waals surface area contributed by atoms with Gasteiger partial charge in [-0.2, -0.15) is 0 Å². The SMILES string of the molecule is O=C(c1ccc(Nc2nccc(-c3ccc(Cl)cc3)n2)cc1)N1CCC1. The van der Waals surface area contributed by atoms with Crippen molar-refractivity contribution in [3.8, 4) is 11.3 Å². The van der Waals surface area contributed by atoms with Crippen molar-refractivity contribution in [1.82, 2.24) is 14.9 Å². The van der Waals surface area contributed by atoms with Crippen LogP contribution in [0.3, 0.4) is 0 Å². The average Bonchev–Trinajstić information content (AvgIpc) is 2.62. The number of nitrogens with zero attached hydrogens (tertiary/aromatic N) is 3. The van der Waals surface area contributed by atoms with Gasteiger partial charge in [-0.25, -0.2) is 9.97 Å². The van der Waals surface area contributed by atoms with Gasteiger partial charge >= 0.3 is 0 Å². The molecule has 1 aromatic heterocycles. The van der Waals surface area contributed by atoms with Gasteiger partial charge in [0.1, 0.15) is 0 Å². The number of carbonyl (C=O) groups excluding carboxylic acids is 1. The lowest BCUT2D eigenvalue weighted by molar-refractivity contribution is 0.0652. The lowest BCUT2D eigenvalue weighted by atomic mass is 10.1. The predicted octanol–water partition coefficient (Wildman–Crippen LogP) is 4.39. The minimum atomic E-state index is 0.0868. The van der Waals surface area contributed by atoms with Crippen molar-refractivity contribution >= 4 is 29.1 Å². The van der Waals surface area contributed by atoms with Crippen LogP contribution in [0.25, 0.3) is 11.3 Å². The molecule has 0 spiro atoms. The molecule has 130 valence electrons. The molecule has 1 saturated heterocycles. The average molecular weight is 365 g/mol. The van der Waals surface area contributed by atoms with Crippen molar-refractivity contribution in [2.45, 2.75) is 6.42 Å². The molecule has 3 aromatic rings. The van der Waals surface area contributed by atoms with Crippen molar-refractivity contribution in [2.24, 2.45) is 0 Å². The normalized spacial score (nSPS) is 13.2. The second-order valence-electron chi connectivity index (χ2n) is 6.12. The molecule has 0 bridgehead atoms. The van der Waals surface area contributed by atoms with E-state index >= 15 is 0 Å². The highest BCUT2D eigenvalue weighted by Crippen LogP contribution is 2.22. The third-order valence-corrected chi connectivity index (χ3v) is 4.58. The highest BCUT2D eigenvalue weighted by atomic mass is 35.5. The van der Waals surface area contributed by atoms with Gasteiger partial charge in [-0.3, -0.25) is 4.79 Å². The maximum absolute atomic E-state index is 12.2. The number of anilines is 2. The molecule has 0 unspecified atom stereocenters. The fourth-order valence-corrected chi connectivity index (χ4v) is 2.85. The number of amides is 1. The van der Waals surface area contributed by atoms with E-state index in [0.717, 1.165) is 36.5 Å². The summed E-state index contributed by atoms with van der Waals surface area (Å²) in [6.45, 7) is 1.70. The Bertz CT molecular complexity index is 921. The van der Waals surface area contributed by atoms with Crippen LogP contribution in [0.4, 0.5) is 11.6 Å². The van der Waals surface area contributed by atoms with Gasteiger partial charge in [-0.1, -0.05) is 23.7 Å². The summed E-state index contributed by atoms with van der Waals surface area (Å²) in [5.41, 5.74) is 3.31. The van der Waals surface area contributed by atoms with Crippen LogP contribution in [0.2, 0.25) is 5.02 Å². The van der Waals surface area contributed by atoms with Crippen LogP contribution < -0.4 is 5.32 Å². The van der Waals surface area contributed by atoms with E-state index in [9.17, 15) is 4.79 Å². The minimum Gasteiger partial charge on any atom is -0.339 e. The van der Waals surface area contributed by atoms with E-state index in [-0.39, 0.29) is 5.91 Å². The Kier molecular flexibility index (Phi) is 4.54. The molecule has 1 aliphatic heterocycles. The first-order valence-corrected chi connectivity index (χ1v) is 8.82. The lowest BCUT2D eigenvalue weighted by Crippen LogP contribution is -2.41. The van der Waals surface area contributed by atoms with Crippen molar-refractivity contribution in [1.29, 1.82) is 0 Å². The highest BCUT2D eigenvalue weighted by molar-refractivity contribution is 6.30. The highest BCUT2D eigenvalue weighted by Gasteiger charge is 2.21. The molecule has 2 heterocycles. The number of rotatable bonds is 4. The monoisotopic (exact) mass is 364 g/mol. The van der Waals surface area contributed by atoms with E-state index in [1.807, 2.05) is 59.5 Å². The number of nitrogens with one attached hydrogen (secondary N) is 1. The Labute approximate surface area is 156 Å². The van der Waals surface area contributed by atoms with Gasteiger partial charge in [0.05, 0.1) is 5.69 Å². The van der Waals surface area contributed by atoms with E-state index in [2.05, 4.69) is 15.3 Å². The second-order valence-corrected chi connectivity index (χ2v) is 6.56. The summed E-state index contributed by atoms with van der Waals surface area (Å²) in [6.07, 6.45) is 2.80. The first-order valence-electron chi connectivity index (χ1n) is 8.44. The van der Waals surface area contributed by atoms with E-state index in [1.165, 1.54) is 0 Å². The zero-order valence-electron chi connectivity index (χ0n) is 14.0. The van der Waals surface area contributed by atoms with E-state index in [4.69, 9.17) is 11.6 Å². The van der Waals surface area contributed by atoms with Crippen LogP contribution in [-0.4, -0.2) is 33.9 Å². The van der Waals surface area contributed by atoms with E-state index in [1.54, 1.807) is 6.20 Å². The van der Waals surface area contributed by atoms with Gasteiger partial charge in [-0.15, -0.1) is 0 Å². The number of benzene rings is 2. The predicted molar refractivity (Wildman–Crippen MR) is 103 cm³/mol. The third kappa shape index (κ3) is 3.53. The Morgan fingerprint density at radius 1 is 1.00 bits per heavy atom. The summed E-state index contributed by atoms with van der Waals surface area (Å²) in [5, 5.41) is 3.86. The summed E-state index contributed by atoms with van der Waals surface area (Å²) in [7, 11) is 0. The van der Waals surface area contributed by atoms with Gasteiger partial charge < -0.3 is 10.2 Å². The molecule has 1 aliphatic rings. The Morgan fingerprint density at radius 2 is 1.73 bits per heavy atom. The minimum absolute atomic E-state index is 0.0868. The molecule has 26 heavy (non-hydrogen) atoms. The van der Waals surface area contributed by atoms with Gasteiger partial charge in [0, 0.05) is 41.1 Å². The number of halogens is 1. The summed E-state index contributed by atoms with van der Waals surface area (Å²) >= 11 is 5.93. The topological polar surface area (TPSA) is 58.1 Å². The van der Waals surface area contributed by atoms with Crippen molar-refractivity contribution in [3.05, 3.63) is 71.4 Å². The largest absolute Gasteiger partial charge is 0.339 e. The number of hydrogen-bond acceptors (Lipinski definition) is 4. The van der Waals surface area contributed by atoms with Crippen molar-refractivity contribution < 1.29 is 4.79 Å². The van der Waals surface area contributed by atoms with Crippen LogP contribution in [0.15, 0.2) is 60.8 Å². The quantitative estimate of drug-likeness (QED) is 0.746.